The van der Waals surface area contributed by atoms with Gasteiger partial charge in [0.15, 0.2) is 6.29 Å². The van der Waals surface area contributed by atoms with Crippen LogP contribution in [0.4, 0.5) is 0 Å². The first-order valence-electron chi connectivity index (χ1n) is 9.48. The third kappa shape index (κ3) is 17.9. The Labute approximate surface area is 137 Å². The molecular weight excluding hydrogens is 276 g/mol. The summed E-state index contributed by atoms with van der Waals surface area (Å²) in [6.45, 7) is 0.804. The number of hydrogen-bond acceptors (Lipinski definition) is 4. The van der Waals surface area contributed by atoms with Crippen LogP contribution in [0.2, 0.25) is 0 Å². The topological polar surface area (TPSA) is 92.5 Å². The largest absolute Gasteiger partial charge is 0.368 e. The van der Waals surface area contributed by atoms with Crippen LogP contribution >= 0.6 is 0 Å². The number of unbranched alkanes of at least 4 members (excludes halogenated alkanes) is 10. The molecule has 0 bridgehead atoms. The van der Waals surface area contributed by atoms with Crippen LogP contribution in [0, 0.1) is 0 Å². The van der Waals surface area contributed by atoms with Crippen molar-refractivity contribution in [1.82, 2.24) is 0 Å². The quantitative estimate of drug-likeness (QED) is 0.244. The van der Waals surface area contributed by atoms with E-state index in [-0.39, 0.29) is 0 Å². The lowest BCUT2D eigenvalue weighted by Crippen LogP contribution is -2.19. The average molecular weight is 317 g/mol. The van der Waals surface area contributed by atoms with Crippen molar-refractivity contribution in [3.8, 4) is 0 Å². The van der Waals surface area contributed by atoms with E-state index in [4.69, 9.17) is 21.7 Å². The van der Waals surface area contributed by atoms with Crippen molar-refractivity contribution >= 4 is 0 Å². The first-order valence-corrected chi connectivity index (χ1v) is 9.48. The number of aliphatic hydroxyl groups is 2. The lowest BCUT2D eigenvalue weighted by atomic mass is 10.0. The van der Waals surface area contributed by atoms with Gasteiger partial charge in [-0.25, -0.2) is 0 Å². The van der Waals surface area contributed by atoms with Gasteiger partial charge in [0, 0.05) is 6.04 Å². The maximum atomic E-state index is 8.73. The highest BCUT2D eigenvalue weighted by molar-refractivity contribution is 4.62. The molecule has 0 spiro atoms. The molecule has 1 atom stereocenters. The van der Waals surface area contributed by atoms with Gasteiger partial charge < -0.3 is 21.7 Å². The lowest BCUT2D eigenvalue weighted by Gasteiger charge is -2.11. The zero-order valence-electron chi connectivity index (χ0n) is 14.5. The second-order valence-corrected chi connectivity index (χ2v) is 6.64. The lowest BCUT2D eigenvalue weighted by molar-refractivity contribution is -0.0466. The second kappa shape index (κ2) is 17.2. The van der Waals surface area contributed by atoms with Gasteiger partial charge in [0.05, 0.1) is 0 Å². The van der Waals surface area contributed by atoms with Crippen LogP contribution in [0.5, 0.6) is 0 Å². The summed E-state index contributed by atoms with van der Waals surface area (Å²) >= 11 is 0. The molecule has 0 aromatic carbocycles. The van der Waals surface area contributed by atoms with Crippen LogP contribution in [0.3, 0.4) is 0 Å². The molecule has 22 heavy (non-hydrogen) atoms. The Morgan fingerprint density at radius 1 is 0.545 bits per heavy atom. The molecule has 0 aliphatic rings. The monoisotopic (exact) mass is 316 g/mol. The van der Waals surface area contributed by atoms with Crippen molar-refractivity contribution in [2.75, 3.05) is 6.54 Å². The third-order valence-electron chi connectivity index (χ3n) is 4.32. The Bertz CT molecular complexity index is 213. The summed E-state index contributed by atoms with van der Waals surface area (Å²) in [6.07, 6.45) is 16.4. The van der Waals surface area contributed by atoms with Crippen molar-refractivity contribution in [1.29, 1.82) is 0 Å². The minimum Gasteiger partial charge on any atom is -0.368 e. The zero-order chi connectivity index (χ0) is 16.5. The van der Waals surface area contributed by atoms with Crippen LogP contribution in [-0.4, -0.2) is 29.1 Å². The van der Waals surface area contributed by atoms with E-state index in [0.717, 1.165) is 32.2 Å². The minimum atomic E-state index is -1.12. The van der Waals surface area contributed by atoms with Gasteiger partial charge in [-0.1, -0.05) is 64.2 Å². The van der Waals surface area contributed by atoms with Crippen molar-refractivity contribution in [2.45, 2.75) is 109 Å². The van der Waals surface area contributed by atoms with Crippen molar-refractivity contribution < 1.29 is 10.2 Å². The summed E-state index contributed by atoms with van der Waals surface area (Å²) in [7, 11) is 0. The molecule has 0 saturated carbocycles. The van der Waals surface area contributed by atoms with E-state index >= 15 is 0 Å². The van der Waals surface area contributed by atoms with Crippen molar-refractivity contribution in [3.05, 3.63) is 0 Å². The van der Waals surface area contributed by atoms with E-state index < -0.39 is 6.29 Å². The molecule has 6 N–H and O–H groups in total. The van der Waals surface area contributed by atoms with Crippen LogP contribution in [0.1, 0.15) is 96.3 Å². The molecule has 0 aromatic rings. The summed E-state index contributed by atoms with van der Waals surface area (Å²) in [6, 6.07) is 0.389. The van der Waals surface area contributed by atoms with E-state index in [2.05, 4.69) is 0 Å². The van der Waals surface area contributed by atoms with Crippen molar-refractivity contribution in [2.24, 2.45) is 11.5 Å². The first kappa shape index (κ1) is 21.8. The van der Waals surface area contributed by atoms with Crippen LogP contribution in [0.15, 0.2) is 0 Å². The molecule has 0 heterocycles. The summed E-state index contributed by atoms with van der Waals surface area (Å²) in [5.74, 6) is 0. The Kier molecular flexibility index (Phi) is 17.1. The highest BCUT2D eigenvalue weighted by Crippen LogP contribution is 2.13. The highest BCUT2D eigenvalue weighted by atomic mass is 16.5. The van der Waals surface area contributed by atoms with Gasteiger partial charge >= 0.3 is 0 Å². The molecule has 0 aromatic heterocycles. The predicted molar refractivity (Wildman–Crippen MR) is 94.5 cm³/mol. The van der Waals surface area contributed by atoms with Gasteiger partial charge in [0.25, 0.3) is 0 Å². The van der Waals surface area contributed by atoms with E-state index in [1.54, 1.807) is 0 Å². The fourth-order valence-corrected chi connectivity index (χ4v) is 2.84. The van der Waals surface area contributed by atoms with Gasteiger partial charge in [0.1, 0.15) is 0 Å². The Hall–Kier alpha value is -0.160. The van der Waals surface area contributed by atoms with E-state index in [9.17, 15) is 0 Å². The summed E-state index contributed by atoms with van der Waals surface area (Å²) in [4.78, 5) is 0. The van der Waals surface area contributed by atoms with Gasteiger partial charge in [-0.05, 0) is 38.6 Å². The Morgan fingerprint density at radius 2 is 0.909 bits per heavy atom. The smallest absolute Gasteiger partial charge is 0.151 e. The third-order valence-corrected chi connectivity index (χ3v) is 4.32. The summed E-state index contributed by atoms with van der Waals surface area (Å²) in [5.41, 5.74) is 11.6. The summed E-state index contributed by atoms with van der Waals surface area (Å²) in [5, 5.41) is 17.5. The maximum Gasteiger partial charge on any atom is 0.151 e. The first-order chi connectivity index (χ1) is 10.7. The zero-order valence-corrected chi connectivity index (χ0v) is 14.5. The molecule has 0 aliphatic heterocycles. The number of aliphatic hydroxyl groups excluding tert-OH is 1. The van der Waals surface area contributed by atoms with E-state index in [1.165, 1.54) is 64.2 Å². The predicted octanol–water partition coefficient (Wildman–Crippen LogP) is 3.43. The van der Waals surface area contributed by atoms with Gasteiger partial charge in [-0.15, -0.1) is 0 Å². The molecule has 4 heteroatoms. The molecule has 0 fully saturated rings. The van der Waals surface area contributed by atoms with Crippen molar-refractivity contribution in [3.63, 3.8) is 0 Å². The molecular formula is C18H40N2O2. The Balaban J connectivity index is 3.10. The maximum absolute atomic E-state index is 8.73. The van der Waals surface area contributed by atoms with Crippen LogP contribution in [-0.2, 0) is 0 Å². The number of rotatable bonds is 17. The second-order valence-electron chi connectivity index (χ2n) is 6.64. The fourth-order valence-electron chi connectivity index (χ4n) is 2.84. The van der Waals surface area contributed by atoms with Gasteiger partial charge in [-0.3, -0.25) is 0 Å². The average Bonchev–Trinajstić information content (AvgIpc) is 2.49. The highest BCUT2D eigenvalue weighted by Gasteiger charge is 2.02. The van der Waals surface area contributed by atoms with Crippen LogP contribution < -0.4 is 11.5 Å². The molecule has 0 rings (SSSR count). The summed E-state index contributed by atoms with van der Waals surface area (Å²) < 4.78 is 0. The fraction of sp³-hybridized carbons (Fsp3) is 1.00. The van der Waals surface area contributed by atoms with E-state index in [0.29, 0.717) is 12.5 Å². The molecule has 0 amide bonds. The van der Waals surface area contributed by atoms with Gasteiger partial charge in [0.2, 0.25) is 0 Å². The van der Waals surface area contributed by atoms with E-state index in [1.807, 2.05) is 0 Å². The molecule has 0 radical (unpaired) electrons. The van der Waals surface area contributed by atoms with Gasteiger partial charge in [-0.2, -0.15) is 0 Å². The molecule has 0 saturated heterocycles. The Morgan fingerprint density at radius 3 is 1.32 bits per heavy atom. The minimum absolute atomic E-state index is 0.389. The number of nitrogens with two attached hydrogens (primary N) is 2. The normalized spacial score (nSPS) is 13.0. The van der Waals surface area contributed by atoms with Crippen LogP contribution in [0.25, 0.3) is 0 Å². The molecule has 1 unspecified atom stereocenters. The molecule has 0 aliphatic carbocycles. The standard InChI is InChI=1S/C18H40N2O2/c19-16-12-8-10-14-17(20)13-9-6-4-2-1-3-5-7-11-15-18(21)22/h17-18,21-22H,1-16,19-20H2. The molecule has 134 valence electrons. The number of hydrogen-bond donors (Lipinski definition) is 4. The SMILES string of the molecule is NCCCCCC(N)CCCCCCCCCCCC(O)O. The molecule has 4 nitrogen and oxygen atoms in total.